The predicted molar refractivity (Wildman–Crippen MR) is 17.1 cm³/mol. The van der Waals surface area contributed by atoms with Crippen LogP contribution in [0.2, 0.25) is 0 Å². The third-order valence-electron chi connectivity index (χ3n) is 0. The molecule has 0 saturated heterocycles. The van der Waals surface area contributed by atoms with Gasteiger partial charge in [-0.2, -0.15) is 0 Å². The zero-order valence-corrected chi connectivity index (χ0v) is 3.98. The average molecular weight is 214 g/mol. The van der Waals surface area contributed by atoms with Gasteiger partial charge < -0.3 is 0 Å². The number of hydrogen-bond acceptors (Lipinski definition) is 0. The van der Waals surface area contributed by atoms with Gasteiger partial charge in [0.15, 0.2) is 17.4 Å². The van der Waals surface area contributed by atoms with E-state index in [9.17, 15) is 0 Å². The Kier molecular flexibility index (Phi) is 296. The second-order valence-electron chi connectivity index (χ2n) is 0. The molecule has 0 N–H and O–H groups in total. The molecule has 0 aromatic carbocycles. The molecule has 0 rings (SSSR count). The van der Waals surface area contributed by atoms with Gasteiger partial charge in [0.2, 0.25) is 0 Å². The molecule has 5 heteroatoms. The van der Waals surface area contributed by atoms with Crippen molar-refractivity contribution in [2.45, 2.75) is 0 Å². The molecule has 0 unspecified atom stereocenters. The Labute approximate surface area is 85.0 Å². The van der Waals surface area contributed by atoms with Crippen LogP contribution in [0.5, 0.6) is 0 Å². The first-order chi connectivity index (χ1) is 0. The van der Waals surface area contributed by atoms with Crippen LogP contribution in [0.3, 0.4) is 0 Å². The summed E-state index contributed by atoms with van der Waals surface area (Å²) in [6, 6.07) is 0. The molecule has 0 saturated carbocycles. The van der Waals surface area contributed by atoms with Crippen molar-refractivity contribution in [3.8, 4) is 0 Å². The van der Waals surface area contributed by atoms with Crippen molar-refractivity contribution in [2.75, 3.05) is 0 Å². The summed E-state index contributed by atoms with van der Waals surface area (Å²) in [6.45, 7) is 0. The van der Waals surface area contributed by atoms with Crippen LogP contribution < -0.4 is 0 Å². The summed E-state index contributed by atoms with van der Waals surface area (Å²) in [6.07, 6.45) is 0. The molecule has 5 heavy (non-hydrogen) atoms. The molecule has 0 nitrogen and oxygen atoms in total. The van der Waals surface area contributed by atoms with E-state index in [4.69, 9.17) is 0 Å². The van der Waals surface area contributed by atoms with Gasteiger partial charge in [-0.1, -0.05) is 0 Å². The van der Waals surface area contributed by atoms with Gasteiger partial charge in [0.1, 0.15) is 0 Å². The van der Waals surface area contributed by atoms with E-state index in [0.717, 1.165) is 0 Å². The summed E-state index contributed by atoms with van der Waals surface area (Å²) in [7, 11) is 0. The molecular weight excluding hydrogens is 210 g/mol. The first kappa shape index (κ1) is 48.6. The minimum Gasteiger partial charge on any atom is 0 e. The molecule has 0 fully saturated rings. The molecule has 0 atom stereocenters. The van der Waals surface area contributed by atoms with E-state index >= 15 is 0 Å². The van der Waals surface area contributed by atoms with E-state index in [-0.39, 0.29) is 86.0 Å². The Morgan fingerprint density at radius 1 is 0.800 bits per heavy atom. The molecule has 0 aromatic heterocycles. The summed E-state index contributed by atoms with van der Waals surface area (Å²) in [4.78, 5) is 0. The first-order valence-corrected chi connectivity index (χ1v) is 0. The fourth-order valence-corrected chi connectivity index (χ4v) is 0. The van der Waals surface area contributed by atoms with Crippen LogP contribution in [-0.2, 0) is 49.8 Å². The quantitative estimate of drug-likeness (QED) is 0.416. The van der Waals surface area contributed by atoms with Gasteiger partial charge >= 0.3 is 18.9 Å². The molecular formula is H4AlCoLiNi2. The van der Waals surface area contributed by atoms with Crippen LogP contribution in [0, 0.1) is 0 Å². The molecule has 0 aliphatic carbocycles. The summed E-state index contributed by atoms with van der Waals surface area (Å²) in [5.74, 6) is 0. The Balaban J connectivity index is 0. The Bertz CT molecular complexity index is 9.61. The van der Waals surface area contributed by atoms with Gasteiger partial charge in [-0.05, 0) is 0 Å². The van der Waals surface area contributed by atoms with E-state index in [2.05, 4.69) is 0 Å². The normalized spacial score (nSPS) is 0. The molecule has 1 radical (unpaired) electrons. The second kappa shape index (κ2) is 30.4. The molecule has 37 valence electrons. The maximum absolute atomic E-state index is 0. The molecule has 0 amide bonds. The van der Waals surface area contributed by atoms with Gasteiger partial charge in [0, 0.05) is 49.8 Å². The minimum atomic E-state index is 0. The van der Waals surface area contributed by atoms with Crippen molar-refractivity contribution in [3.05, 3.63) is 0 Å². The zero-order valence-electron chi connectivity index (χ0n) is 0.966. The molecule has 0 heterocycles. The summed E-state index contributed by atoms with van der Waals surface area (Å²) >= 11 is 0. The predicted octanol–water partition coefficient (Wildman–Crippen LogP) is -1.84. The van der Waals surface area contributed by atoms with E-state index in [1.165, 1.54) is 0 Å². The standard InChI is InChI=1S/Al.Co.Li.2Ni.4H. The smallest absolute Gasteiger partial charge is 0 e. The van der Waals surface area contributed by atoms with Crippen LogP contribution in [0.15, 0.2) is 0 Å². The monoisotopic (exact) mass is 213 g/mol. The molecule has 0 spiro atoms. The van der Waals surface area contributed by atoms with Crippen molar-refractivity contribution in [1.29, 1.82) is 0 Å². The van der Waals surface area contributed by atoms with Crippen molar-refractivity contribution in [3.63, 3.8) is 0 Å². The van der Waals surface area contributed by atoms with E-state index in [0.29, 0.717) is 0 Å². The Morgan fingerprint density at radius 3 is 0.800 bits per heavy atom. The number of hydrogen-bond donors (Lipinski definition) is 0. The van der Waals surface area contributed by atoms with Crippen molar-refractivity contribution >= 4 is 36.2 Å². The van der Waals surface area contributed by atoms with Crippen molar-refractivity contribution < 1.29 is 49.8 Å². The van der Waals surface area contributed by atoms with E-state index in [1.54, 1.807) is 0 Å². The molecule has 0 bridgehead atoms. The van der Waals surface area contributed by atoms with Crippen LogP contribution in [0.25, 0.3) is 0 Å². The topological polar surface area (TPSA) is 0 Å². The van der Waals surface area contributed by atoms with Crippen LogP contribution >= 0.6 is 0 Å². The van der Waals surface area contributed by atoms with E-state index < -0.39 is 0 Å². The first-order valence-electron chi connectivity index (χ1n) is 0. The fourth-order valence-electron chi connectivity index (χ4n) is 0. The van der Waals surface area contributed by atoms with E-state index in [1.807, 2.05) is 0 Å². The Hall–Kier alpha value is 2.62. The zero-order chi connectivity index (χ0) is 0. The van der Waals surface area contributed by atoms with Crippen LogP contribution in [0.4, 0.5) is 0 Å². The van der Waals surface area contributed by atoms with Gasteiger partial charge in [-0.25, -0.2) is 0 Å². The summed E-state index contributed by atoms with van der Waals surface area (Å²) < 4.78 is 0. The van der Waals surface area contributed by atoms with Gasteiger partial charge in [0.05, 0.1) is 0 Å². The molecule has 0 aliphatic rings. The fraction of sp³-hybridized carbons (Fsp3) is 0. The Morgan fingerprint density at radius 2 is 0.800 bits per heavy atom. The maximum Gasteiger partial charge on any atom is 0 e. The van der Waals surface area contributed by atoms with Gasteiger partial charge in [-0.3, -0.25) is 0 Å². The van der Waals surface area contributed by atoms with Gasteiger partial charge in [0.25, 0.3) is 0 Å². The SMILES string of the molecule is [AlH3].[Co].[LiH].[Ni].[Ni]. The molecule has 0 aromatic rings. The minimum absolute atomic E-state index is 0. The molecule has 0 aliphatic heterocycles. The van der Waals surface area contributed by atoms with Crippen LogP contribution in [-0.4, -0.2) is 36.2 Å². The summed E-state index contributed by atoms with van der Waals surface area (Å²) in [5, 5.41) is 0. The second-order valence-corrected chi connectivity index (χ2v) is 0. The third-order valence-corrected chi connectivity index (χ3v) is 0. The maximum atomic E-state index is 0. The third kappa shape index (κ3) is 20.6. The van der Waals surface area contributed by atoms with Gasteiger partial charge in [-0.15, -0.1) is 0 Å². The average Bonchev–Trinajstić information content (AvgIpc) is 0. The largest absolute Gasteiger partial charge is 0 e. The summed E-state index contributed by atoms with van der Waals surface area (Å²) in [5.41, 5.74) is 0. The number of rotatable bonds is 0. The van der Waals surface area contributed by atoms with Crippen molar-refractivity contribution in [1.82, 2.24) is 0 Å². The van der Waals surface area contributed by atoms with Crippen molar-refractivity contribution in [2.24, 2.45) is 0 Å². The van der Waals surface area contributed by atoms with Crippen LogP contribution in [0.1, 0.15) is 0 Å².